The molecule has 166 valence electrons. The van der Waals surface area contributed by atoms with Crippen LogP contribution in [0.4, 0.5) is 0 Å². The molecular formula is C23H30ClN5O2. The summed E-state index contributed by atoms with van der Waals surface area (Å²) in [4.78, 5) is 15.0. The third kappa shape index (κ3) is 6.30. The van der Waals surface area contributed by atoms with Crippen molar-refractivity contribution in [1.82, 2.24) is 20.0 Å². The number of aromatic nitrogens is 2. The molecule has 1 saturated heterocycles. The Morgan fingerprint density at radius 2 is 2.00 bits per heavy atom. The first kappa shape index (κ1) is 23.3. The fourth-order valence-corrected chi connectivity index (χ4v) is 4.16. The predicted octanol–water partition coefficient (Wildman–Crippen LogP) is 3.19. The van der Waals surface area contributed by atoms with Gasteiger partial charge in [-0.3, -0.25) is 14.4 Å². The van der Waals surface area contributed by atoms with Gasteiger partial charge in [-0.2, -0.15) is 10.4 Å². The van der Waals surface area contributed by atoms with E-state index in [1.54, 1.807) is 0 Å². The molecule has 0 bridgehead atoms. The molecule has 0 radical (unpaired) electrons. The molecule has 1 N–H and O–H groups in total. The van der Waals surface area contributed by atoms with E-state index in [1.807, 2.05) is 42.8 Å². The fraction of sp³-hybridized carbons (Fsp3) is 0.522. The fourth-order valence-electron chi connectivity index (χ4n) is 4.04. The summed E-state index contributed by atoms with van der Waals surface area (Å²) in [6, 6.07) is 10.1. The number of benzene rings is 1. The van der Waals surface area contributed by atoms with Crippen molar-refractivity contribution in [3.63, 3.8) is 0 Å². The summed E-state index contributed by atoms with van der Waals surface area (Å²) < 4.78 is 7.35. The van der Waals surface area contributed by atoms with Gasteiger partial charge < -0.3 is 10.1 Å². The molecule has 1 aliphatic heterocycles. The van der Waals surface area contributed by atoms with Gasteiger partial charge in [0, 0.05) is 36.8 Å². The molecule has 2 aromatic rings. The van der Waals surface area contributed by atoms with Crippen molar-refractivity contribution in [2.24, 2.45) is 0 Å². The monoisotopic (exact) mass is 443 g/mol. The molecule has 1 amide bonds. The number of amides is 1. The molecule has 3 rings (SSSR count). The summed E-state index contributed by atoms with van der Waals surface area (Å²) in [6.07, 6.45) is 1.47. The summed E-state index contributed by atoms with van der Waals surface area (Å²) in [5.74, 6) is 0.0239. The molecule has 1 aromatic carbocycles. The standard InChI is InChI=1S/C23H30ClN5O2/c1-17-21(18(2)29(27-17)11-3-10-25)8-9-23(30)26-16-22(28-12-14-31-15-13-28)19-4-6-20(24)7-5-19/h4-7,22H,3,8-9,11-16H2,1-2H3,(H,26,30). The number of nitriles is 1. The number of carbonyl (C=O) groups is 1. The van der Waals surface area contributed by atoms with E-state index in [0.29, 0.717) is 50.6 Å². The number of nitrogens with zero attached hydrogens (tertiary/aromatic N) is 4. The molecule has 7 nitrogen and oxygen atoms in total. The van der Waals surface area contributed by atoms with Crippen LogP contribution in [0.25, 0.3) is 0 Å². The Hall–Kier alpha value is -2.40. The Kier molecular flexibility index (Phi) is 8.47. The number of morpholine rings is 1. The van der Waals surface area contributed by atoms with E-state index in [0.717, 1.165) is 35.6 Å². The van der Waals surface area contributed by atoms with Crippen molar-refractivity contribution < 1.29 is 9.53 Å². The van der Waals surface area contributed by atoms with E-state index in [9.17, 15) is 4.79 Å². The predicted molar refractivity (Wildman–Crippen MR) is 120 cm³/mol. The molecular weight excluding hydrogens is 414 g/mol. The number of halogens is 1. The highest BCUT2D eigenvalue weighted by Crippen LogP contribution is 2.23. The number of carbonyl (C=O) groups excluding carboxylic acids is 1. The van der Waals surface area contributed by atoms with Gasteiger partial charge in [0.25, 0.3) is 0 Å². The molecule has 0 aliphatic carbocycles. The van der Waals surface area contributed by atoms with Crippen LogP contribution in [0.3, 0.4) is 0 Å². The Bertz CT molecular complexity index is 913. The number of nitrogens with one attached hydrogen (secondary N) is 1. The third-order valence-electron chi connectivity index (χ3n) is 5.80. The van der Waals surface area contributed by atoms with Gasteiger partial charge in [-0.15, -0.1) is 0 Å². The average molecular weight is 444 g/mol. The number of rotatable bonds is 9. The molecule has 8 heteroatoms. The van der Waals surface area contributed by atoms with Crippen LogP contribution in [0.1, 0.15) is 41.4 Å². The maximum atomic E-state index is 12.6. The molecule has 1 fully saturated rings. The lowest BCUT2D eigenvalue weighted by atomic mass is 10.0. The quantitative estimate of drug-likeness (QED) is 0.643. The van der Waals surface area contributed by atoms with Crippen LogP contribution in [0, 0.1) is 25.2 Å². The van der Waals surface area contributed by atoms with Crippen molar-refractivity contribution >= 4 is 17.5 Å². The number of hydrogen-bond donors (Lipinski definition) is 1. The minimum atomic E-state index is 0.0239. The maximum Gasteiger partial charge on any atom is 0.220 e. The summed E-state index contributed by atoms with van der Waals surface area (Å²) in [5.41, 5.74) is 4.19. The maximum absolute atomic E-state index is 12.6. The second-order valence-electron chi connectivity index (χ2n) is 7.80. The van der Waals surface area contributed by atoms with Gasteiger partial charge in [0.15, 0.2) is 0 Å². The lowest BCUT2D eigenvalue weighted by molar-refractivity contribution is -0.121. The molecule has 1 aromatic heterocycles. The largest absolute Gasteiger partial charge is 0.379 e. The first-order valence-corrected chi connectivity index (χ1v) is 11.1. The van der Waals surface area contributed by atoms with Gasteiger partial charge in [0.2, 0.25) is 5.91 Å². The highest BCUT2D eigenvalue weighted by Gasteiger charge is 2.23. The zero-order valence-corrected chi connectivity index (χ0v) is 19.0. The van der Waals surface area contributed by atoms with Crippen LogP contribution in [0.2, 0.25) is 5.02 Å². The van der Waals surface area contributed by atoms with Crippen molar-refractivity contribution in [2.75, 3.05) is 32.8 Å². The Balaban J connectivity index is 1.59. The summed E-state index contributed by atoms with van der Waals surface area (Å²) in [5, 5.41) is 17.1. The minimum absolute atomic E-state index is 0.0239. The van der Waals surface area contributed by atoms with Gasteiger partial charge >= 0.3 is 0 Å². The van der Waals surface area contributed by atoms with E-state index in [2.05, 4.69) is 21.4 Å². The van der Waals surface area contributed by atoms with Crippen LogP contribution < -0.4 is 5.32 Å². The first-order chi connectivity index (χ1) is 15.0. The number of aryl methyl sites for hydroxylation is 2. The molecule has 0 saturated carbocycles. The molecule has 1 aliphatic rings. The summed E-state index contributed by atoms with van der Waals surface area (Å²) >= 11 is 6.06. The van der Waals surface area contributed by atoms with Crippen molar-refractivity contribution in [3.05, 3.63) is 51.8 Å². The first-order valence-electron chi connectivity index (χ1n) is 10.7. The van der Waals surface area contributed by atoms with Gasteiger partial charge in [0.1, 0.15) is 0 Å². The highest BCUT2D eigenvalue weighted by atomic mass is 35.5. The van der Waals surface area contributed by atoms with Gasteiger partial charge in [0.05, 0.1) is 44.0 Å². The zero-order valence-electron chi connectivity index (χ0n) is 18.2. The van der Waals surface area contributed by atoms with Crippen LogP contribution in [-0.4, -0.2) is 53.4 Å². The van der Waals surface area contributed by atoms with Crippen molar-refractivity contribution in [3.8, 4) is 6.07 Å². The third-order valence-corrected chi connectivity index (χ3v) is 6.05. The Morgan fingerprint density at radius 1 is 1.29 bits per heavy atom. The van der Waals surface area contributed by atoms with Gasteiger partial charge in [-0.25, -0.2) is 0 Å². The van der Waals surface area contributed by atoms with E-state index >= 15 is 0 Å². The van der Waals surface area contributed by atoms with Gasteiger partial charge in [-0.05, 0) is 43.5 Å². The topological polar surface area (TPSA) is 83.2 Å². The summed E-state index contributed by atoms with van der Waals surface area (Å²) in [7, 11) is 0. The second-order valence-corrected chi connectivity index (χ2v) is 8.24. The smallest absolute Gasteiger partial charge is 0.220 e. The highest BCUT2D eigenvalue weighted by molar-refractivity contribution is 6.30. The van der Waals surface area contributed by atoms with Gasteiger partial charge in [-0.1, -0.05) is 23.7 Å². The van der Waals surface area contributed by atoms with E-state index in [4.69, 9.17) is 21.6 Å². The summed E-state index contributed by atoms with van der Waals surface area (Å²) in [6.45, 7) is 8.15. The van der Waals surface area contributed by atoms with Crippen molar-refractivity contribution in [2.45, 2.75) is 45.7 Å². The minimum Gasteiger partial charge on any atom is -0.379 e. The molecule has 2 heterocycles. The molecule has 1 atom stereocenters. The Morgan fingerprint density at radius 3 is 2.68 bits per heavy atom. The van der Waals surface area contributed by atoms with Crippen LogP contribution in [0.5, 0.6) is 0 Å². The zero-order chi connectivity index (χ0) is 22.2. The molecule has 1 unspecified atom stereocenters. The lowest BCUT2D eigenvalue weighted by Gasteiger charge is -2.35. The number of hydrogen-bond acceptors (Lipinski definition) is 5. The van der Waals surface area contributed by atoms with Crippen LogP contribution >= 0.6 is 11.6 Å². The number of ether oxygens (including phenoxy) is 1. The molecule has 0 spiro atoms. The van der Waals surface area contributed by atoms with E-state index < -0.39 is 0 Å². The SMILES string of the molecule is Cc1nn(CCC#N)c(C)c1CCC(=O)NCC(c1ccc(Cl)cc1)N1CCOCC1. The lowest BCUT2D eigenvalue weighted by Crippen LogP contribution is -2.43. The van der Waals surface area contributed by atoms with Crippen molar-refractivity contribution in [1.29, 1.82) is 5.26 Å². The Labute approximate surface area is 188 Å². The van der Waals surface area contributed by atoms with Crippen LogP contribution in [-0.2, 0) is 22.5 Å². The second kappa shape index (κ2) is 11.3. The normalized spacial score (nSPS) is 15.4. The van der Waals surface area contributed by atoms with Crippen LogP contribution in [0.15, 0.2) is 24.3 Å². The van der Waals surface area contributed by atoms with E-state index in [1.165, 1.54) is 0 Å². The van der Waals surface area contributed by atoms with E-state index in [-0.39, 0.29) is 11.9 Å². The average Bonchev–Trinajstić information content (AvgIpc) is 3.05. The molecule has 31 heavy (non-hydrogen) atoms.